The van der Waals surface area contributed by atoms with E-state index < -0.39 is 0 Å². The molecule has 0 aliphatic heterocycles. The summed E-state index contributed by atoms with van der Waals surface area (Å²) in [6.07, 6.45) is 2.96. The maximum Gasteiger partial charge on any atom is 0.248 e. The van der Waals surface area contributed by atoms with Crippen LogP contribution in [0, 0.1) is 0 Å². The van der Waals surface area contributed by atoms with Crippen LogP contribution in [-0.2, 0) is 4.79 Å². The first-order valence-electron chi connectivity index (χ1n) is 5.95. The van der Waals surface area contributed by atoms with Crippen molar-refractivity contribution in [3.63, 3.8) is 0 Å². The molecule has 0 aliphatic carbocycles. The Labute approximate surface area is 137 Å². The standard InChI is InChI=1S/C15H11Cl3N2O/c16-10-3-1-9(12(18)7-10)2-6-15(21)20-14-5-4-11(17)8-13(14)19/h1-8H,19H2,(H,20,21)/b6-2+. The first-order chi connectivity index (χ1) is 9.95. The Bertz CT molecular complexity index is 714. The van der Waals surface area contributed by atoms with Crippen LogP contribution in [0.15, 0.2) is 42.5 Å². The number of halogens is 3. The molecule has 0 radical (unpaired) electrons. The van der Waals surface area contributed by atoms with Crippen LogP contribution in [0.3, 0.4) is 0 Å². The number of carbonyl (C=O) groups is 1. The minimum Gasteiger partial charge on any atom is -0.397 e. The molecule has 6 heteroatoms. The Balaban J connectivity index is 2.09. The third-order valence-electron chi connectivity index (χ3n) is 2.65. The van der Waals surface area contributed by atoms with E-state index in [2.05, 4.69) is 5.32 Å². The van der Waals surface area contributed by atoms with Crippen molar-refractivity contribution in [1.82, 2.24) is 0 Å². The zero-order valence-electron chi connectivity index (χ0n) is 10.7. The van der Waals surface area contributed by atoms with Crippen molar-refractivity contribution in [2.24, 2.45) is 0 Å². The number of hydrogen-bond donors (Lipinski definition) is 2. The quantitative estimate of drug-likeness (QED) is 0.617. The molecule has 1 amide bonds. The summed E-state index contributed by atoms with van der Waals surface area (Å²) in [6.45, 7) is 0. The molecule has 0 fully saturated rings. The molecule has 2 aromatic rings. The third-order valence-corrected chi connectivity index (χ3v) is 3.45. The van der Waals surface area contributed by atoms with Crippen LogP contribution in [0.5, 0.6) is 0 Å². The number of carbonyl (C=O) groups excluding carboxylic acids is 1. The fourth-order valence-electron chi connectivity index (χ4n) is 1.62. The number of rotatable bonds is 3. The number of nitrogens with one attached hydrogen (secondary N) is 1. The third kappa shape index (κ3) is 4.39. The van der Waals surface area contributed by atoms with Gasteiger partial charge in [-0.1, -0.05) is 40.9 Å². The highest BCUT2D eigenvalue weighted by Gasteiger charge is 2.03. The molecule has 3 N–H and O–H groups in total. The van der Waals surface area contributed by atoms with Crippen molar-refractivity contribution in [3.8, 4) is 0 Å². The van der Waals surface area contributed by atoms with E-state index in [0.29, 0.717) is 32.0 Å². The van der Waals surface area contributed by atoms with Gasteiger partial charge in [-0.05, 0) is 42.0 Å². The van der Waals surface area contributed by atoms with Crippen molar-refractivity contribution in [3.05, 3.63) is 63.1 Å². The van der Waals surface area contributed by atoms with Gasteiger partial charge in [-0.25, -0.2) is 0 Å². The van der Waals surface area contributed by atoms with Gasteiger partial charge in [0.05, 0.1) is 11.4 Å². The lowest BCUT2D eigenvalue weighted by molar-refractivity contribution is -0.111. The zero-order chi connectivity index (χ0) is 15.4. The van der Waals surface area contributed by atoms with E-state index in [4.69, 9.17) is 40.5 Å². The number of nitrogens with two attached hydrogens (primary N) is 1. The molecule has 0 spiro atoms. The average Bonchev–Trinajstić information content (AvgIpc) is 2.41. The molecule has 0 saturated carbocycles. The maximum atomic E-state index is 11.8. The summed E-state index contributed by atoms with van der Waals surface area (Å²) >= 11 is 17.6. The second kappa shape index (κ2) is 6.85. The number of amides is 1. The van der Waals surface area contributed by atoms with Gasteiger partial charge in [-0.3, -0.25) is 4.79 Å². The monoisotopic (exact) mass is 340 g/mol. The van der Waals surface area contributed by atoms with E-state index in [0.717, 1.165) is 0 Å². The Kier molecular flexibility index (Phi) is 5.12. The van der Waals surface area contributed by atoms with Crippen molar-refractivity contribution in [1.29, 1.82) is 0 Å². The van der Waals surface area contributed by atoms with Crippen molar-refractivity contribution in [2.75, 3.05) is 11.1 Å². The highest BCUT2D eigenvalue weighted by atomic mass is 35.5. The lowest BCUT2D eigenvalue weighted by Crippen LogP contribution is -2.09. The number of nitrogen functional groups attached to an aromatic ring is 1. The van der Waals surface area contributed by atoms with E-state index in [1.165, 1.54) is 6.08 Å². The zero-order valence-corrected chi connectivity index (χ0v) is 13.0. The minimum atomic E-state index is -0.324. The minimum absolute atomic E-state index is 0.324. The van der Waals surface area contributed by atoms with E-state index >= 15 is 0 Å². The second-order valence-corrected chi connectivity index (χ2v) is 5.50. The summed E-state index contributed by atoms with van der Waals surface area (Å²) in [5, 5.41) is 4.18. The molecule has 3 nitrogen and oxygen atoms in total. The predicted molar refractivity (Wildman–Crippen MR) is 90.0 cm³/mol. The van der Waals surface area contributed by atoms with E-state index in [1.54, 1.807) is 42.5 Å². The average molecular weight is 342 g/mol. The fourth-order valence-corrected chi connectivity index (χ4v) is 2.28. The van der Waals surface area contributed by atoms with Crippen LogP contribution in [0.2, 0.25) is 15.1 Å². The first-order valence-corrected chi connectivity index (χ1v) is 7.08. The van der Waals surface area contributed by atoms with Gasteiger partial charge in [0.2, 0.25) is 5.91 Å². The Hall–Kier alpha value is -1.68. The molecule has 0 unspecified atom stereocenters. The summed E-state index contributed by atoms with van der Waals surface area (Å²) in [5.74, 6) is -0.324. The molecular formula is C15H11Cl3N2O. The molecular weight excluding hydrogens is 331 g/mol. The topological polar surface area (TPSA) is 55.1 Å². The first kappa shape index (κ1) is 15.7. The van der Waals surface area contributed by atoms with Crippen LogP contribution < -0.4 is 11.1 Å². The summed E-state index contributed by atoms with van der Waals surface area (Å²) in [6, 6.07) is 9.88. The van der Waals surface area contributed by atoms with E-state index in [-0.39, 0.29) is 5.91 Å². The molecule has 0 heterocycles. The Morgan fingerprint density at radius 1 is 1.05 bits per heavy atom. The van der Waals surface area contributed by atoms with Gasteiger partial charge in [0, 0.05) is 21.1 Å². The van der Waals surface area contributed by atoms with Crippen molar-refractivity contribution in [2.45, 2.75) is 0 Å². The smallest absolute Gasteiger partial charge is 0.248 e. The van der Waals surface area contributed by atoms with Gasteiger partial charge in [0.25, 0.3) is 0 Å². The van der Waals surface area contributed by atoms with Crippen LogP contribution >= 0.6 is 34.8 Å². The number of anilines is 2. The molecule has 108 valence electrons. The molecule has 2 aromatic carbocycles. The van der Waals surface area contributed by atoms with E-state index in [1.807, 2.05) is 0 Å². The highest BCUT2D eigenvalue weighted by molar-refractivity contribution is 6.35. The van der Waals surface area contributed by atoms with Gasteiger partial charge in [0.1, 0.15) is 0 Å². The predicted octanol–water partition coefficient (Wildman–Crippen LogP) is 4.88. The molecule has 21 heavy (non-hydrogen) atoms. The fraction of sp³-hybridized carbons (Fsp3) is 0. The number of benzene rings is 2. The van der Waals surface area contributed by atoms with Gasteiger partial charge in [-0.15, -0.1) is 0 Å². The largest absolute Gasteiger partial charge is 0.397 e. The second-order valence-electron chi connectivity index (χ2n) is 4.22. The molecule has 0 atom stereocenters. The van der Waals surface area contributed by atoms with Crippen LogP contribution in [0.4, 0.5) is 11.4 Å². The summed E-state index contributed by atoms with van der Waals surface area (Å²) in [5.41, 5.74) is 7.35. The van der Waals surface area contributed by atoms with Gasteiger partial charge in [-0.2, -0.15) is 0 Å². The molecule has 2 rings (SSSR count). The SMILES string of the molecule is Nc1cc(Cl)ccc1NC(=O)/C=C/c1ccc(Cl)cc1Cl. The molecule has 0 saturated heterocycles. The van der Waals surface area contributed by atoms with Crippen LogP contribution in [0.25, 0.3) is 6.08 Å². The van der Waals surface area contributed by atoms with Gasteiger partial charge >= 0.3 is 0 Å². The summed E-state index contributed by atoms with van der Waals surface area (Å²) < 4.78 is 0. The van der Waals surface area contributed by atoms with Crippen molar-refractivity contribution >= 4 is 58.2 Å². The molecule has 0 bridgehead atoms. The number of hydrogen-bond acceptors (Lipinski definition) is 2. The van der Waals surface area contributed by atoms with Crippen LogP contribution in [-0.4, -0.2) is 5.91 Å². The van der Waals surface area contributed by atoms with Crippen molar-refractivity contribution < 1.29 is 4.79 Å². The lowest BCUT2D eigenvalue weighted by Gasteiger charge is -2.06. The van der Waals surface area contributed by atoms with E-state index in [9.17, 15) is 4.79 Å². The molecule has 0 aliphatic rings. The Morgan fingerprint density at radius 3 is 2.38 bits per heavy atom. The normalized spacial score (nSPS) is 10.8. The summed E-state index contributed by atoms with van der Waals surface area (Å²) in [4.78, 5) is 11.8. The van der Waals surface area contributed by atoms with Gasteiger partial charge < -0.3 is 11.1 Å². The van der Waals surface area contributed by atoms with Gasteiger partial charge in [0.15, 0.2) is 0 Å². The Morgan fingerprint density at radius 2 is 1.71 bits per heavy atom. The van der Waals surface area contributed by atoms with Crippen LogP contribution in [0.1, 0.15) is 5.56 Å². The maximum absolute atomic E-state index is 11.8. The highest BCUT2D eigenvalue weighted by Crippen LogP contribution is 2.24. The lowest BCUT2D eigenvalue weighted by atomic mass is 10.2. The summed E-state index contributed by atoms with van der Waals surface area (Å²) in [7, 11) is 0. The molecule has 0 aromatic heterocycles.